The summed E-state index contributed by atoms with van der Waals surface area (Å²) in [4.78, 5) is 24.1. The van der Waals surface area contributed by atoms with E-state index in [4.69, 9.17) is 9.47 Å². The molecule has 2 aromatic rings. The molecule has 0 fully saturated rings. The maximum absolute atomic E-state index is 13.1. The first-order valence-corrected chi connectivity index (χ1v) is 8.09. The minimum atomic E-state index is -1.08. The van der Waals surface area contributed by atoms with E-state index in [1.807, 2.05) is 0 Å². The van der Waals surface area contributed by atoms with Crippen LogP contribution in [-0.4, -0.2) is 32.6 Å². The van der Waals surface area contributed by atoms with Gasteiger partial charge in [0, 0.05) is 17.3 Å². The van der Waals surface area contributed by atoms with Gasteiger partial charge in [-0.05, 0) is 40.2 Å². The monoisotopic (exact) mass is 428 g/mol. The molecule has 0 spiro atoms. The number of ether oxygens (including phenoxy) is 2. The highest BCUT2D eigenvalue weighted by Crippen LogP contribution is 2.35. The van der Waals surface area contributed by atoms with E-state index in [9.17, 15) is 18.4 Å². The first-order valence-electron chi connectivity index (χ1n) is 7.30. The summed E-state index contributed by atoms with van der Waals surface area (Å²) in [6.07, 6.45) is 0. The van der Waals surface area contributed by atoms with Gasteiger partial charge in [-0.15, -0.1) is 0 Å². The molecule has 0 aromatic heterocycles. The van der Waals surface area contributed by atoms with Crippen LogP contribution >= 0.6 is 15.9 Å². The first kappa shape index (κ1) is 19.6. The van der Waals surface area contributed by atoms with Gasteiger partial charge < -0.3 is 20.1 Å². The molecule has 0 saturated carbocycles. The summed E-state index contributed by atoms with van der Waals surface area (Å²) >= 11 is 3.29. The van der Waals surface area contributed by atoms with Gasteiger partial charge in [-0.2, -0.15) is 0 Å². The van der Waals surface area contributed by atoms with Gasteiger partial charge in [0.15, 0.2) is 11.6 Å². The van der Waals surface area contributed by atoms with Gasteiger partial charge in [-0.1, -0.05) is 0 Å². The molecule has 2 aromatic carbocycles. The molecule has 0 aliphatic rings. The lowest BCUT2D eigenvalue weighted by atomic mass is 10.2. The van der Waals surface area contributed by atoms with Crippen LogP contribution in [0.1, 0.15) is 10.4 Å². The molecule has 2 rings (SSSR count). The Labute approximate surface area is 156 Å². The summed E-state index contributed by atoms with van der Waals surface area (Å²) in [5.41, 5.74) is 0.303. The third kappa shape index (κ3) is 4.69. The van der Waals surface area contributed by atoms with Crippen molar-refractivity contribution in [3.8, 4) is 11.5 Å². The van der Waals surface area contributed by atoms with Crippen LogP contribution in [0.2, 0.25) is 0 Å². The summed E-state index contributed by atoms with van der Waals surface area (Å²) in [5.74, 6) is -2.45. The Morgan fingerprint density at radius 1 is 1.04 bits per heavy atom. The molecule has 2 N–H and O–H groups in total. The Hall–Kier alpha value is -2.68. The summed E-state index contributed by atoms with van der Waals surface area (Å²) in [6, 6.07) is 5.91. The van der Waals surface area contributed by atoms with Crippen LogP contribution in [0.25, 0.3) is 0 Å². The van der Waals surface area contributed by atoms with E-state index in [2.05, 4.69) is 26.6 Å². The van der Waals surface area contributed by atoms with Crippen molar-refractivity contribution >= 4 is 33.4 Å². The molecule has 0 radical (unpaired) electrons. The number of nitrogens with one attached hydrogen (secondary N) is 2. The largest absolute Gasteiger partial charge is 0.495 e. The lowest BCUT2D eigenvalue weighted by Gasteiger charge is -2.12. The van der Waals surface area contributed by atoms with E-state index in [0.29, 0.717) is 16.0 Å². The number of methoxy groups -OCH3 is 2. The van der Waals surface area contributed by atoms with Crippen LogP contribution in [0, 0.1) is 11.6 Å². The molecule has 0 heterocycles. The molecule has 138 valence electrons. The summed E-state index contributed by atoms with van der Waals surface area (Å²) < 4.78 is 36.8. The SMILES string of the molecule is COc1cc(C(=O)NCC(=O)Nc2ccc(F)c(F)c2)cc(OC)c1Br. The van der Waals surface area contributed by atoms with Gasteiger partial charge in [0.25, 0.3) is 5.91 Å². The van der Waals surface area contributed by atoms with Crippen molar-refractivity contribution in [2.24, 2.45) is 0 Å². The summed E-state index contributed by atoms with van der Waals surface area (Å²) in [7, 11) is 2.88. The minimum Gasteiger partial charge on any atom is -0.495 e. The number of hydrogen-bond acceptors (Lipinski definition) is 4. The van der Waals surface area contributed by atoms with Gasteiger partial charge in [0.1, 0.15) is 16.0 Å². The Morgan fingerprint density at radius 2 is 1.65 bits per heavy atom. The van der Waals surface area contributed by atoms with Gasteiger partial charge in [-0.25, -0.2) is 8.78 Å². The van der Waals surface area contributed by atoms with Crippen LogP contribution in [0.15, 0.2) is 34.8 Å². The highest BCUT2D eigenvalue weighted by atomic mass is 79.9. The van der Waals surface area contributed by atoms with Crippen molar-refractivity contribution in [3.05, 3.63) is 52.0 Å². The lowest BCUT2D eigenvalue weighted by Crippen LogP contribution is -2.32. The van der Waals surface area contributed by atoms with Crippen LogP contribution in [0.3, 0.4) is 0 Å². The molecule has 0 bridgehead atoms. The molecular weight excluding hydrogens is 414 g/mol. The summed E-state index contributed by atoms with van der Waals surface area (Å²) in [6.45, 7) is -0.363. The minimum absolute atomic E-state index is 0.0788. The normalized spacial score (nSPS) is 10.2. The smallest absolute Gasteiger partial charge is 0.251 e. The topological polar surface area (TPSA) is 76.7 Å². The third-order valence-corrected chi connectivity index (χ3v) is 4.10. The zero-order valence-corrected chi connectivity index (χ0v) is 15.4. The highest BCUT2D eigenvalue weighted by molar-refractivity contribution is 9.10. The Kier molecular flexibility index (Phi) is 6.51. The summed E-state index contributed by atoms with van der Waals surface area (Å²) in [5, 5.41) is 4.78. The average Bonchev–Trinajstić information content (AvgIpc) is 2.63. The van der Waals surface area contributed by atoms with Gasteiger partial charge >= 0.3 is 0 Å². The van der Waals surface area contributed by atoms with E-state index in [1.165, 1.54) is 32.4 Å². The van der Waals surface area contributed by atoms with E-state index in [0.717, 1.165) is 12.1 Å². The molecule has 6 nitrogen and oxygen atoms in total. The average molecular weight is 429 g/mol. The molecule has 0 unspecified atom stereocenters. The van der Waals surface area contributed by atoms with E-state index >= 15 is 0 Å². The van der Waals surface area contributed by atoms with Crippen molar-refractivity contribution in [3.63, 3.8) is 0 Å². The van der Waals surface area contributed by atoms with Crippen molar-refractivity contribution in [1.82, 2.24) is 5.32 Å². The maximum atomic E-state index is 13.1. The van der Waals surface area contributed by atoms with Crippen LogP contribution in [0.4, 0.5) is 14.5 Å². The van der Waals surface area contributed by atoms with Crippen molar-refractivity contribution in [2.45, 2.75) is 0 Å². The Balaban J connectivity index is 2.01. The molecule has 2 amide bonds. The maximum Gasteiger partial charge on any atom is 0.251 e. The molecule has 9 heteroatoms. The van der Waals surface area contributed by atoms with Crippen LogP contribution in [0.5, 0.6) is 11.5 Å². The van der Waals surface area contributed by atoms with Crippen molar-refractivity contribution in [2.75, 3.05) is 26.1 Å². The molecule has 0 aliphatic heterocycles. The zero-order valence-electron chi connectivity index (χ0n) is 13.9. The number of anilines is 1. The fraction of sp³-hybridized carbons (Fsp3) is 0.176. The van der Waals surface area contributed by atoms with E-state index in [-0.39, 0.29) is 17.8 Å². The zero-order chi connectivity index (χ0) is 19.3. The van der Waals surface area contributed by atoms with Crippen molar-refractivity contribution in [1.29, 1.82) is 0 Å². The number of rotatable bonds is 6. The number of amides is 2. The van der Waals surface area contributed by atoms with Gasteiger partial charge in [-0.3, -0.25) is 9.59 Å². The molecule has 0 aliphatic carbocycles. The standard InChI is InChI=1S/C17H15BrF2N2O4/c1-25-13-5-9(6-14(26-2)16(13)18)17(24)21-8-15(23)22-10-3-4-11(19)12(20)7-10/h3-7H,8H2,1-2H3,(H,21,24)(H,22,23). The van der Waals surface area contributed by atoms with Gasteiger partial charge in [0.05, 0.1) is 20.8 Å². The fourth-order valence-corrected chi connectivity index (χ4v) is 2.59. The first-order chi connectivity index (χ1) is 12.3. The number of carbonyl (C=O) groups excluding carboxylic acids is 2. The van der Waals surface area contributed by atoms with Crippen LogP contribution < -0.4 is 20.1 Å². The quantitative estimate of drug-likeness (QED) is 0.740. The molecule has 0 saturated heterocycles. The van der Waals surface area contributed by atoms with Gasteiger partial charge in [0.2, 0.25) is 5.91 Å². The lowest BCUT2D eigenvalue weighted by molar-refractivity contribution is -0.115. The highest BCUT2D eigenvalue weighted by Gasteiger charge is 2.15. The van der Waals surface area contributed by atoms with Crippen molar-refractivity contribution < 1.29 is 27.8 Å². The van der Waals surface area contributed by atoms with Crippen LogP contribution in [-0.2, 0) is 4.79 Å². The van der Waals surface area contributed by atoms with E-state index < -0.39 is 23.4 Å². The Morgan fingerprint density at radius 3 is 2.19 bits per heavy atom. The predicted octanol–water partition coefficient (Wildman–Crippen LogP) is 3.11. The molecule has 26 heavy (non-hydrogen) atoms. The van der Waals surface area contributed by atoms with E-state index in [1.54, 1.807) is 0 Å². The molecule has 0 atom stereocenters. The number of hydrogen-bond donors (Lipinski definition) is 2. The second-order valence-electron chi connectivity index (χ2n) is 5.05. The fourth-order valence-electron chi connectivity index (χ4n) is 2.04. The Bertz CT molecular complexity index is 821. The second kappa shape index (κ2) is 8.61. The molecular formula is C17H15BrF2N2O4. The number of benzene rings is 2. The number of halogens is 3. The number of carbonyl (C=O) groups is 2. The third-order valence-electron chi connectivity index (χ3n) is 3.32. The predicted molar refractivity (Wildman–Crippen MR) is 94.6 cm³/mol. The second-order valence-corrected chi connectivity index (χ2v) is 5.85.